The molecule has 34 heavy (non-hydrogen) atoms. The Morgan fingerprint density at radius 3 is 2.59 bits per heavy atom. The molecule has 2 aromatic carbocycles. The van der Waals surface area contributed by atoms with Crippen molar-refractivity contribution in [1.82, 2.24) is 14.8 Å². The smallest absolute Gasteiger partial charge is 0.256 e. The highest BCUT2D eigenvalue weighted by Crippen LogP contribution is 2.30. The van der Waals surface area contributed by atoms with Gasteiger partial charge in [0.05, 0.1) is 35.1 Å². The maximum absolute atomic E-state index is 14.0. The molecule has 1 amide bonds. The number of benzene rings is 2. The van der Waals surface area contributed by atoms with Crippen molar-refractivity contribution < 1.29 is 18.7 Å². The first kappa shape index (κ1) is 23.4. The van der Waals surface area contributed by atoms with Crippen LogP contribution < -0.4 is 10.1 Å². The number of carbonyl (C=O) groups is 1. The third-order valence-corrected chi connectivity index (χ3v) is 5.38. The summed E-state index contributed by atoms with van der Waals surface area (Å²) in [7, 11) is 1.56. The standard InChI is InChI=1S/C26H27FN4O3/c1-16(2)31-25-21(15-28-31)20(14-22(29-25)18-7-5-17(3)6-8-18)26(32)30-23-13-19(27)9-10-24(23)34-12-11-33-4/h5-10,13-16H,11-12H2,1-4H3,(H,30,32). The number of methoxy groups -OCH3 is 1. The average molecular weight is 463 g/mol. The van der Waals surface area contributed by atoms with Crippen LogP contribution in [0.25, 0.3) is 22.3 Å². The number of pyridine rings is 1. The summed E-state index contributed by atoms with van der Waals surface area (Å²) in [6.07, 6.45) is 1.64. The molecule has 0 fully saturated rings. The minimum Gasteiger partial charge on any atom is -0.489 e. The van der Waals surface area contributed by atoms with Gasteiger partial charge in [0.2, 0.25) is 0 Å². The molecule has 0 saturated heterocycles. The number of anilines is 1. The first-order valence-electron chi connectivity index (χ1n) is 11.1. The summed E-state index contributed by atoms with van der Waals surface area (Å²) in [4.78, 5) is 18.3. The van der Waals surface area contributed by atoms with Gasteiger partial charge < -0.3 is 14.8 Å². The van der Waals surface area contributed by atoms with E-state index in [1.807, 2.05) is 45.0 Å². The summed E-state index contributed by atoms with van der Waals surface area (Å²) in [5, 5.41) is 7.87. The van der Waals surface area contributed by atoms with Crippen LogP contribution in [0, 0.1) is 12.7 Å². The highest BCUT2D eigenvalue weighted by Gasteiger charge is 2.20. The minimum atomic E-state index is -0.484. The van der Waals surface area contributed by atoms with Crippen LogP contribution in [-0.2, 0) is 4.74 Å². The van der Waals surface area contributed by atoms with Crippen molar-refractivity contribution in [1.29, 1.82) is 0 Å². The van der Waals surface area contributed by atoms with Gasteiger partial charge in [-0.15, -0.1) is 0 Å². The number of ether oxygens (including phenoxy) is 2. The summed E-state index contributed by atoms with van der Waals surface area (Å²) in [5.74, 6) is -0.540. The number of aryl methyl sites for hydroxylation is 1. The van der Waals surface area contributed by atoms with Crippen LogP contribution in [0.1, 0.15) is 35.8 Å². The van der Waals surface area contributed by atoms with Gasteiger partial charge in [-0.1, -0.05) is 29.8 Å². The van der Waals surface area contributed by atoms with Gasteiger partial charge in [-0.3, -0.25) is 4.79 Å². The lowest BCUT2D eigenvalue weighted by molar-refractivity contribution is 0.102. The Balaban J connectivity index is 1.77. The Morgan fingerprint density at radius 2 is 1.88 bits per heavy atom. The topological polar surface area (TPSA) is 78.3 Å². The lowest BCUT2D eigenvalue weighted by Gasteiger charge is -2.14. The molecule has 0 bridgehead atoms. The van der Waals surface area contributed by atoms with E-state index in [9.17, 15) is 9.18 Å². The largest absolute Gasteiger partial charge is 0.489 e. The van der Waals surface area contributed by atoms with E-state index in [2.05, 4.69) is 10.4 Å². The van der Waals surface area contributed by atoms with E-state index in [1.165, 1.54) is 18.2 Å². The number of hydrogen-bond donors (Lipinski definition) is 1. The Morgan fingerprint density at radius 1 is 1.12 bits per heavy atom. The van der Waals surface area contributed by atoms with Gasteiger partial charge in [-0.05, 0) is 39.0 Å². The van der Waals surface area contributed by atoms with Crippen LogP contribution in [-0.4, -0.2) is 41.0 Å². The molecular weight excluding hydrogens is 435 g/mol. The van der Waals surface area contributed by atoms with E-state index in [0.29, 0.717) is 34.6 Å². The number of aromatic nitrogens is 3. The normalized spacial score (nSPS) is 11.2. The molecule has 4 rings (SSSR count). The number of amides is 1. The molecule has 4 aromatic rings. The number of halogens is 1. The molecule has 0 atom stereocenters. The number of carbonyl (C=O) groups excluding carboxylic acids is 1. The van der Waals surface area contributed by atoms with Crippen LogP contribution in [0.2, 0.25) is 0 Å². The molecule has 8 heteroatoms. The molecular formula is C26H27FN4O3. The first-order valence-corrected chi connectivity index (χ1v) is 11.1. The number of nitrogens with one attached hydrogen (secondary N) is 1. The van der Waals surface area contributed by atoms with E-state index < -0.39 is 11.7 Å². The summed E-state index contributed by atoms with van der Waals surface area (Å²) in [6.45, 7) is 6.65. The second-order valence-corrected chi connectivity index (χ2v) is 8.28. The molecule has 0 aliphatic carbocycles. The minimum absolute atomic E-state index is 0.0539. The predicted molar refractivity (Wildman–Crippen MR) is 130 cm³/mol. The molecule has 0 aliphatic heterocycles. The van der Waals surface area contributed by atoms with E-state index in [-0.39, 0.29) is 18.3 Å². The summed E-state index contributed by atoms with van der Waals surface area (Å²) in [6, 6.07) is 13.7. The molecule has 2 aromatic heterocycles. The highest BCUT2D eigenvalue weighted by atomic mass is 19.1. The number of fused-ring (bicyclic) bond motifs is 1. The SMILES string of the molecule is COCCOc1ccc(F)cc1NC(=O)c1cc(-c2ccc(C)cc2)nc2c1cnn2C(C)C. The molecule has 0 saturated carbocycles. The lowest BCUT2D eigenvalue weighted by atomic mass is 10.0. The summed E-state index contributed by atoms with van der Waals surface area (Å²) >= 11 is 0. The Labute approximate surface area is 197 Å². The molecule has 7 nitrogen and oxygen atoms in total. The van der Waals surface area contributed by atoms with E-state index >= 15 is 0 Å². The van der Waals surface area contributed by atoms with Gasteiger partial charge in [-0.2, -0.15) is 5.10 Å². The fourth-order valence-electron chi connectivity index (χ4n) is 3.61. The molecule has 176 valence electrons. The fraction of sp³-hybridized carbons (Fsp3) is 0.269. The zero-order valence-corrected chi connectivity index (χ0v) is 19.6. The predicted octanol–water partition coefficient (Wildman–Crippen LogP) is 5.40. The van der Waals surface area contributed by atoms with Gasteiger partial charge in [-0.25, -0.2) is 14.1 Å². The highest BCUT2D eigenvalue weighted by molar-refractivity contribution is 6.13. The van der Waals surface area contributed by atoms with E-state index in [4.69, 9.17) is 14.5 Å². The van der Waals surface area contributed by atoms with Gasteiger partial charge in [0.1, 0.15) is 18.2 Å². The summed E-state index contributed by atoms with van der Waals surface area (Å²) in [5.41, 5.74) is 3.89. The van der Waals surface area contributed by atoms with Crippen molar-refractivity contribution >= 4 is 22.6 Å². The zero-order chi connectivity index (χ0) is 24.2. The number of hydrogen-bond acceptors (Lipinski definition) is 5. The average Bonchev–Trinajstić information content (AvgIpc) is 3.25. The summed E-state index contributed by atoms with van der Waals surface area (Å²) < 4.78 is 26.4. The van der Waals surface area contributed by atoms with Crippen molar-refractivity contribution in [2.45, 2.75) is 26.8 Å². The third-order valence-electron chi connectivity index (χ3n) is 5.38. The lowest BCUT2D eigenvalue weighted by Crippen LogP contribution is -2.15. The van der Waals surface area contributed by atoms with Crippen molar-refractivity contribution in [2.75, 3.05) is 25.6 Å². The van der Waals surface area contributed by atoms with Gasteiger partial charge in [0, 0.05) is 24.8 Å². The number of nitrogens with zero attached hydrogens (tertiary/aromatic N) is 3. The molecule has 0 aliphatic rings. The molecule has 1 N–H and O–H groups in total. The van der Waals surface area contributed by atoms with Crippen LogP contribution >= 0.6 is 0 Å². The van der Waals surface area contributed by atoms with Crippen LogP contribution in [0.3, 0.4) is 0 Å². The van der Waals surface area contributed by atoms with Crippen LogP contribution in [0.5, 0.6) is 5.75 Å². The molecule has 0 unspecified atom stereocenters. The second kappa shape index (κ2) is 10.0. The van der Waals surface area contributed by atoms with Crippen molar-refractivity contribution in [3.63, 3.8) is 0 Å². The van der Waals surface area contributed by atoms with Crippen LogP contribution in [0.15, 0.2) is 54.7 Å². The number of rotatable bonds is 8. The van der Waals surface area contributed by atoms with E-state index in [0.717, 1.165) is 11.1 Å². The Bertz CT molecular complexity index is 1320. The molecule has 2 heterocycles. The van der Waals surface area contributed by atoms with Gasteiger partial charge in [0.25, 0.3) is 5.91 Å². The zero-order valence-electron chi connectivity index (χ0n) is 19.6. The Hall–Kier alpha value is -3.78. The van der Waals surface area contributed by atoms with Gasteiger partial charge in [0.15, 0.2) is 5.65 Å². The maximum Gasteiger partial charge on any atom is 0.256 e. The quantitative estimate of drug-likeness (QED) is 0.355. The third kappa shape index (κ3) is 4.92. The van der Waals surface area contributed by atoms with Crippen molar-refractivity contribution in [2.24, 2.45) is 0 Å². The van der Waals surface area contributed by atoms with Crippen molar-refractivity contribution in [3.05, 3.63) is 71.7 Å². The second-order valence-electron chi connectivity index (χ2n) is 8.28. The Kier molecular flexibility index (Phi) is 6.88. The molecule has 0 spiro atoms. The van der Waals surface area contributed by atoms with E-state index in [1.54, 1.807) is 24.1 Å². The molecule has 0 radical (unpaired) electrons. The van der Waals surface area contributed by atoms with Gasteiger partial charge >= 0.3 is 0 Å². The maximum atomic E-state index is 14.0. The fourth-order valence-corrected chi connectivity index (χ4v) is 3.61. The van der Waals surface area contributed by atoms with Crippen molar-refractivity contribution in [3.8, 4) is 17.0 Å². The first-order chi connectivity index (χ1) is 16.4. The monoisotopic (exact) mass is 462 g/mol. The van der Waals surface area contributed by atoms with Crippen LogP contribution in [0.4, 0.5) is 10.1 Å².